The average Bonchev–Trinajstić information content (AvgIpc) is 3.44. The van der Waals surface area contributed by atoms with Crippen molar-refractivity contribution < 1.29 is 23.6 Å². The van der Waals surface area contributed by atoms with E-state index in [-0.39, 0.29) is 46.8 Å². The molecule has 1 aromatic rings. The minimum Gasteiger partial charge on any atom is -0.462 e. The highest BCUT2D eigenvalue weighted by atomic mass is 19.1. The largest absolute Gasteiger partial charge is 0.462 e. The van der Waals surface area contributed by atoms with Crippen LogP contribution in [0.15, 0.2) is 30.3 Å². The molecule has 2 saturated heterocycles. The summed E-state index contributed by atoms with van der Waals surface area (Å²) in [4.78, 5) is 14.4. The molecule has 4 fully saturated rings. The summed E-state index contributed by atoms with van der Waals surface area (Å²) in [5.41, 5.74) is 2.51. The Balaban J connectivity index is 1.17. The van der Waals surface area contributed by atoms with Crippen LogP contribution in [-0.4, -0.2) is 43.4 Å². The number of hydrogen-bond donors (Lipinski definition) is 1. The Hall–Kier alpha value is -1.72. The predicted octanol–water partition coefficient (Wildman–Crippen LogP) is 3.02. The van der Waals surface area contributed by atoms with Crippen molar-refractivity contribution in [1.82, 2.24) is 0 Å². The molecule has 1 spiro atoms. The molecule has 5 heteroatoms. The Morgan fingerprint density at radius 3 is 2.81 bits per heavy atom. The highest BCUT2D eigenvalue weighted by Gasteiger charge is 2.78. The number of hydrogen-bond acceptors (Lipinski definition) is 3. The van der Waals surface area contributed by atoms with Gasteiger partial charge in [-0.3, -0.25) is 4.79 Å². The highest BCUT2D eigenvalue weighted by molar-refractivity contribution is 5.76. The topological polar surface area (TPSA) is 43.3 Å². The molecule has 0 amide bonds. The van der Waals surface area contributed by atoms with Gasteiger partial charge >= 0.3 is 5.97 Å². The van der Waals surface area contributed by atoms with Crippen LogP contribution in [0.5, 0.6) is 0 Å². The lowest BCUT2D eigenvalue weighted by Gasteiger charge is -2.48. The van der Waals surface area contributed by atoms with E-state index in [0.717, 1.165) is 38.0 Å². The van der Waals surface area contributed by atoms with E-state index in [0.29, 0.717) is 5.92 Å². The first-order valence-electron chi connectivity index (χ1n) is 12.1. The van der Waals surface area contributed by atoms with Gasteiger partial charge in [-0.2, -0.15) is 0 Å². The van der Waals surface area contributed by atoms with Crippen molar-refractivity contribution in [3.05, 3.63) is 41.7 Å². The van der Waals surface area contributed by atoms with Gasteiger partial charge in [-0.1, -0.05) is 32.4 Å². The summed E-state index contributed by atoms with van der Waals surface area (Å²) in [6.45, 7) is 7.45. The molecule has 2 aliphatic carbocycles. The average molecular weight is 427 g/mol. The minimum absolute atomic E-state index is 0.00337. The van der Waals surface area contributed by atoms with Crippen LogP contribution in [0.2, 0.25) is 0 Å². The first kappa shape index (κ1) is 19.9. The molecule has 0 radical (unpaired) electrons. The lowest BCUT2D eigenvalue weighted by atomic mass is 9.53. The predicted molar refractivity (Wildman–Crippen MR) is 115 cm³/mol. The number of esters is 1. The molecule has 5 aliphatic rings. The number of halogens is 1. The molecule has 166 valence electrons. The van der Waals surface area contributed by atoms with Crippen LogP contribution in [0.4, 0.5) is 4.39 Å². The number of nitrogens with one attached hydrogen (secondary N) is 1. The molecule has 0 bridgehead atoms. The molecule has 1 unspecified atom stereocenters. The molecule has 6 rings (SSSR count). The van der Waals surface area contributed by atoms with Gasteiger partial charge in [0.1, 0.15) is 23.4 Å². The number of benzene rings is 1. The summed E-state index contributed by atoms with van der Waals surface area (Å²) in [6.07, 6.45) is 8.08. The Bertz CT molecular complexity index is 929. The molecular formula is C26H33FNO3+. The summed E-state index contributed by atoms with van der Waals surface area (Å²) in [5.74, 6) is 0.533. The van der Waals surface area contributed by atoms with Gasteiger partial charge in [-0.05, 0) is 54.5 Å². The third-order valence-corrected chi connectivity index (χ3v) is 9.30. The maximum absolute atomic E-state index is 13.2. The van der Waals surface area contributed by atoms with Crippen molar-refractivity contribution in [2.45, 2.75) is 63.8 Å². The van der Waals surface area contributed by atoms with Gasteiger partial charge in [0.05, 0.1) is 25.7 Å². The molecule has 1 N–H and O–H groups in total. The number of quaternary nitrogens is 1. The SMILES string of the molecule is C[C@H]1CCC[C@]2(C)C[C@H]3OC(=O)[C@H](C[NH+]4CC=C(c5ccc(F)cc5)CC4)[C@H]3[C@@H]3O[C@@]132. The standard InChI is InChI=1S/C26H32FNO3/c1-16-4-3-11-25(2)14-21-22(23-26(16,25)31-23)20(24(29)30-21)15-28-12-9-18(10-13-28)17-5-7-19(27)8-6-17/h5-9,16,20-23H,3-4,10-15H2,1-2H3/p+1/t16-,20+,21+,22+,23-,25+,26-/m0/s1. The molecule has 3 aliphatic heterocycles. The van der Waals surface area contributed by atoms with Crippen LogP contribution in [-0.2, 0) is 14.3 Å². The highest BCUT2D eigenvalue weighted by Crippen LogP contribution is 2.70. The van der Waals surface area contributed by atoms with E-state index in [1.165, 1.54) is 41.9 Å². The molecule has 4 nitrogen and oxygen atoms in total. The second-order valence-electron chi connectivity index (χ2n) is 10.9. The maximum atomic E-state index is 13.2. The van der Waals surface area contributed by atoms with E-state index in [1.54, 1.807) is 0 Å². The van der Waals surface area contributed by atoms with Crippen molar-refractivity contribution in [2.75, 3.05) is 19.6 Å². The third-order valence-electron chi connectivity index (χ3n) is 9.30. The zero-order chi connectivity index (χ0) is 21.4. The Labute approximate surface area is 183 Å². The molecule has 0 aromatic heterocycles. The van der Waals surface area contributed by atoms with Crippen LogP contribution in [0.25, 0.3) is 5.57 Å². The molecule has 8 atom stereocenters. The smallest absolute Gasteiger partial charge is 0.315 e. The zero-order valence-electron chi connectivity index (χ0n) is 18.5. The van der Waals surface area contributed by atoms with E-state index in [1.807, 2.05) is 12.1 Å². The number of rotatable bonds is 3. The first-order valence-corrected chi connectivity index (χ1v) is 12.1. The van der Waals surface area contributed by atoms with Gasteiger partial charge in [0, 0.05) is 17.8 Å². The molecular weight excluding hydrogens is 393 g/mol. The van der Waals surface area contributed by atoms with Crippen molar-refractivity contribution in [1.29, 1.82) is 0 Å². The second kappa shape index (κ2) is 6.89. The number of epoxide rings is 1. The summed E-state index contributed by atoms with van der Waals surface area (Å²) in [7, 11) is 0. The lowest BCUT2D eigenvalue weighted by Crippen LogP contribution is -3.13. The number of ether oxygens (including phenoxy) is 2. The van der Waals surface area contributed by atoms with Gasteiger partial charge in [0.15, 0.2) is 0 Å². The molecule has 1 aromatic carbocycles. The Kier molecular flexibility index (Phi) is 4.43. The number of carbonyl (C=O) groups is 1. The minimum atomic E-state index is -0.197. The van der Waals surface area contributed by atoms with E-state index < -0.39 is 0 Å². The molecule has 31 heavy (non-hydrogen) atoms. The van der Waals surface area contributed by atoms with Crippen LogP contribution < -0.4 is 4.90 Å². The van der Waals surface area contributed by atoms with Gasteiger partial charge < -0.3 is 14.4 Å². The Morgan fingerprint density at radius 1 is 1.26 bits per heavy atom. The molecule has 2 saturated carbocycles. The zero-order valence-corrected chi connectivity index (χ0v) is 18.5. The monoisotopic (exact) mass is 426 g/mol. The quantitative estimate of drug-likeness (QED) is 0.597. The summed E-state index contributed by atoms with van der Waals surface area (Å²) in [6, 6.07) is 6.77. The van der Waals surface area contributed by atoms with Gasteiger partial charge in [-0.25, -0.2) is 4.39 Å². The third kappa shape index (κ3) is 2.88. The summed E-state index contributed by atoms with van der Waals surface area (Å²) < 4.78 is 25.8. The lowest BCUT2D eigenvalue weighted by molar-refractivity contribution is -0.897. The van der Waals surface area contributed by atoms with Crippen LogP contribution in [0, 0.1) is 29.0 Å². The normalized spacial score (nSPS) is 45.8. The van der Waals surface area contributed by atoms with Crippen LogP contribution in [0.3, 0.4) is 0 Å². The van der Waals surface area contributed by atoms with Crippen molar-refractivity contribution in [3.8, 4) is 0 Å². The van der Waals surface area contributed by atoms with Gasteiger partial charge in [0.25, 0.3) is 0 Å². The number of fused-ring (bicyclic) bond motifs is 2. The van der Waals surface area contributed by atoms with E-state index in [2.05, 4.69) is 19.9 Å². The van der Waals surface area contributed by atoms with Gasteiger partial charge in [-0.15, -0.1) is 0 Å². The van der Waals surface area contributed by atoms with E-state index >= 15 is 0 Å². The van der Waals surface area contributed by atoms with Crippen molar-refractivity contribution in [3.63, 3.8) is 0 Å². The van der Waals surface area contributed by atoms with E-state index in [9.17, 15) is 9.18 Å². The maximum Gasteiger partial charge on any atom is 0.315 e. The fourth-order valence-corrected chi connectivity index (χ4v) is 7.67. The molecule has 3 heterocycles. The van der Waals surface area contributed by atoms with Gasteiger partial charge in [0.2, 0.25) is 0 Å². The second-order valence-corrected chi connectivity index (χ2v) is 10.9. The van der Waals surface area contributed by atoms with Crippen LogP contribution >= 0.6 is 0 Å². The van der Waals surface area contributed by atoms with E-state index in [4.69, 9.17) is 9.47 Å². The first-order chi connectivity index (χ1) is 14.9. The van der Waals surface area contributed by atoms with Crippen molar-refractivity contribution >= 4 is 11.5 Å². The summed E-state index contributed by atoms with van der Waals surface area (Å²) in [5, 5.41) is 0. The fourth-order valence-electron chi connectivity index (χ4n) is 7.67. The Morgan fingerprint density at radius 2 is 2.06 bits per heavy atom. The van der Waals surface area contributed by atoms with Crippen LogP contribution in [0.1, 0.15) is 51.5 Å². The fraction of sp³-hybridized carbons (Fsp3) is 0.654. The number of carbonyl (C=O) groups excluding carboxylic acids is 1. The van der Waals surface area contributed by atoms with Crippen molar-refractivity contribution in [2.24, 2.45) is 23.2 Å². The summed E-state index contributed by atoms with van der Waals surface area (Å²) >= 11 is 0.